The van der Waals surface area contributed by atoms with Crippen molar-refractivity contribution in [3.63, 3.8) is 0 Å². The largest absolute Gasteiger partial charge is 0.465 e. The van der Waals surface area contributed by atoms with Crippen LogP contribution in [0.3, 0.4) is 0 Å². The number of hydrogen-bond donors (Lipinski definition) is 1. The SMILES string of the molecule is COC(=O)[C@@]1(O)C[C@H](C)C[C@@H](C)O1. The second kappa shape index (κ2) is 3.64. The summed E-state index contributed by atoms with van der Waals surface area (Å²) in [5.41, 5.74) is 0. The Bertz CT molecular complexity index is 192. The van der Waals surface area contributed by atoms with Crippen molar-refractivity contribution in [1.82, 2.24) is 0 Å². The maximum absolute atomic E-state index is 11.2. The summed E-state index contributed by atoms with van der Waals surface area (Å²) in [6, 6.07) is 0. The van der Waals surface area contributed by atoms with E-state index in [1.807, 2.05) is 13.8 Å². The molecule has 13 heavy (non-hydrogen) atoms. The standard InChI is InChI=1S/C9H16O4/c1-6-4-7(2)13-9(11,5-6)8(10)12-3/h6-7,11H,4-5H2,1-3H3/t6-,7-,9-/m1/s1. The molecule has 0 radical (unpaired) electrons. The highest BCUT2D eigenvalue weighted by molar-refractivity contribution is 5.77. The van der Waals surface area contributed by atoms with Crippen LogP contribution in [0.2, 0.25) is 0 Å². The smallest absolute Gasteiger partial charge is 0.366 e. The number of rotatable bonds is 1. The van der Waals surface area contributed by atoms with Gasteiger partial charge in [0, 0.05) is 6.42 Å². The highest BCUT2D eigenvalue weighted by Crippen LogP contribution is 2.31. The van der Waals surface area contributed by atoms with E-state index in [0.717, 1.165) is 6.42 Å². The summed E-state index contributed by atoms with van der Waals surface area (Å²) in [5, 5.41) is 9.78. The zero-order valence-electron chi connectivity index (χ0n) is 8.24. The van der Waals surface area contributed by atoms with Crippen molar-refractivity contribution in [1.29, 1.82) is 0 Å². The van der Waals surface area contributed by atoms with Crippen molar-refractivity contribution >= 4 is 5.97 Å². The molecule has 1 aliphatic rings. The molecule has 0 spiro atoms. The Kier molecular flexibility index (Phi) is 2.93. The summed E-state index contributed by atoms with van der Waals surface area (Å²) in [6.45, 7) is 3.82. The van der Waals surface area contributed by atoms with Gasteiger partial charge in [-0.1, -0.05) is 6.92 Å². The average molecular weight is 188 g/mol. The molecule has 4 heteroatoms. The second-order valence-electron chi connectivity index (χ2n) is 3.75. The summed E-state index contributed by atoms with van der Waals surface area (Å²) in [6.07, 6.45) is 1.07. The summed E-state index contributed by atoms with van der Waals surface area (Å²) < 4.78 is 9.65. The van der Waals surface area contributed by atoms with E-state index in [2.05, 4.69) is 4.74 Å². The first-order valence-corrected chi connectivity index (χ1v) is 4.46. The Morgan fingerprint density at radius 1 is 1.62 bits per heavy atom. The molecule has 0 unspecified atom stereocenters. The van der Waals surface area contributed by atoms with Crippen LogP contribution >= 0.6 is 0 Å². The molecule has 0 aromatic rings. The lowest BCUT2D eigenvalue weighted by molar-refractivity contribution is -0.262. The predicted octanol–water partition coefficient (Wildman–Crippen LogP) is 0.683. The molecular formula is C9H16O4. The minimum atomic E-state index is -1.73. The van der Waals surface area contributed by atoms with Gasteiger partial charge >= 0.3 is 5.97 Å². The van der Waals surface area contributed by atoms with Crippen LogP contribution in [-0.4, -0.2) is 30.1 Å². The van der Waals surface area contributed by atoms with E-state index in [1.165, 1.54) is 7.11 Å². The lowest BCUT2D eigenvalue weighted by Crippen LogP contribution is -2.49. The van der Waals surface area contributed by atoms with Crippen LogP contribution in [0.1, 0.15) is 26.7 Å². The van der Waals surface area contributed by atoms with Gasteiger partial charge in [-0.15, -0.1) is 0 Å². The van der Waals surface area contributed by atoms with Crippen LogP contribution < -0.4 is 0 Å². The molecule has 76 valence electrons. The van der Waals surface area contributed by atoms with Gasteiger partial charge in [-0.25, -0.2) is 4.79 Å². The van der Waals surface area contributed by atoms with Gasteiger partial charge in [0.05, 0.1) is 13.2 Å². The topological polar surface area (TPSA) is 55.8 Å². The van der Waals surface area contributed by atoms with Crippen LogP contribution in [0.15, 0.2) is 0 Å². The number of carbonyl (C=O) groups excluding carboxylic acids is 1. The first-order chi connectivity index (χ1) is 5.98. The maximum Gasteiger partial charge on any atom is 0.366 e. The third-order valence-electron chi connectivity index (χ3n) is 2.26. The Balaban J connectivity index is 2.71. The molecular weight excluding hydrogens is 172 g/mol. The van der Waals surface area contributed by atoms with E-state index in [-0.39, 0.29) is 12.0 Å². The quantitative estimate of drug-likeness (QED) is 0.615. The molecule has 0 aliphatic carbocycles. The Hall–Kier alpha value is -0.610. The molecule has 0 aromatic carbocycles. The summed E-state index contributed by atoms with van der Waals surface area (Å²) in [5.74, 6) is -2.16. The van der Waals surface area contributed by atoms with Gasteiger partial charge in [0.15, 0.2) is 0 Å². The zero-order valence-corrected chi connectivity index (χ0v) is 8.24. The van der Waals surface area contributed by atoms with Gasteiger partial charge in [0.25, 0.3) is 5.79 Å². The number of ether oxygens (including phenoxy) is 2. The molecule has 1 aliphatic heterocycles. The van der Waals surface area contributed by atoms with Gasteiger partial charge in [-0.3, -0.25) is 0 Å². The zero-order chi connectivity index (χ0) is 10.1. The van der Waals surface area contributed by atoms with Crippen molar-refractivity contribution in [2.75, 3.05) is 7.11 Å². The number of hydrogen-bond acceptors (Lipinski definition) is 4. The number of methoxy groups -OCH3 is 1. The molecule has 0 amide bonds. The summed E-state index contributed by atoms with van der Waals surface area (Å²) in [4.78, 5) is 11.2. The highest BCUT2D eigenvalue weighted by Gasteiger charge is 2.44. The van der Waals surface area contributed by atoms with Crippen molar-refractivity contribution in [2.24, 2.45) is 5.92 Å². The average Bonchev–Trinajstić information content (AvgIpc) is 2.00. The first kappa shape index (κ1) is 10.5. The lowest BCUT2D eigenvalue weighted by atomic mass is 9.92. The van der Waals surface area contributed by atoms with Gasteiger partial charge in [-0.2, -0.15) is 0 Å². The fourth-order valence-electron chi connectivity index (χ4n) is 1.84. The Morgan fingerprint density at radius 2 is 2.23 bits per heavy atom. The molecule has 0 aromatic heterocycles. The van der Waals surface area contributed by atoms with E-state index >= 15 is 0 Å². The van der Waals surface area contributed by atoms with E-state index in [1.54, 1.807) is 0 Å². The van der Waals surface area contributed by atoms with Gasteiger partial charge in [0.1, 0.15) is 0 Å². The first-order valence-electron chi connectivity index (χ1n) is 4.46. The van der Waals surface area contributed by atoms with Gasteiger partial charge in [-0.05, 0) is 19.3 Å². The summed E-state index contributed by atoms with van der Waals surface area (Å²) in [7, 11) is 1.24. The highest BCUT2D eigenvalue weighted by atomic mass is 16.7. The molecule has 4 nitrogen and oxygen atoms in total. The van der Waals surface area contributed by atoms with Crippen molar-refractivity contribution in [3.8, 4) is 0 Å². The molecule has 0 bridgehead atoms. The molecule has 1 saturated heterocycles. The van der Waals surface area contributed by atoms with Gasteiger partial charge < -0.3 is 14.6 Å². The maximum atomic E-state index is 11.2. The van der Waals surface area contributed by atoms with Crippen LogP contribution in [0, 0.1) is 5.92 Å². The van der Waals surface area contributed by atoms with E-state index in [0.29, 0.717) is 6.42 Å². The molecule has 3 atom stereocenters. The minimum Gasteiger partial charge on any atom is -0.465 e. The predicted molar refractivity (Wildman–Crippen MR) is 45.9 cm³/mol. The van der Waals surface area contributed by atoms with Gasteiger partial charge in [0.2, 0.25) is 0 Å². The van der Waals surface area contributed by atoms with Crippen molar-refractivity contribution in [2.45, 2.75) is 38.6 Å². The minimum absolute atomic E-state index is 0.104. The lowest BCUT2D eigenvalue weighted by Gasteiger charge is -2.36. The summed E-state index contributed by atoms with van der Waals surface area (Å²) >= 11 is 0. The van der Waals surface area contributed by atoms with Crippen LogP contribution in [0.5, 0.6) is 0 Å². The normalized spacial score (nSPS) is 40.0. The van der Waals surface area contributed by atoms with Crippen molar-refractivity contribution < 1.29 is 19.4 Å². The molecule has 1 N–H and O–H groups in total. The second-order valence-corrected chi connectivity index (χ2v) is 3.75. The monoisotopic (exact) mass is 188 g/mol. The molecule has 1 heterocycles. The third-order valence-corrected chi connectivity index (χ3v) is 2.26. The third kappa shape index (κ3) is 2.19. The fourth-order valence-corrected chi connectivity index (χ4v) is 1.84. The van der Waals surface area contributed by atoms with Crippen LogP contribution in [-0.2, 0) is 14.3 Å². The fraction of sp³-hybridized carbons (Fsp3) is 0.889. The number of aliphatic hydroxyl groups is 1. The molecule has 1 fully saturated rings. The Labute approximate surface area is 77.8 Å². The molecule has 1 rings (SSSR count). The molecule has 0 saturated carbocycles. The van der Waals surface area contributed by atoms with Crippen molar-refractivity contribution in [3.05, 3.63) is 0 Å². The number of carbonyl (C=O) groups is 1. The van der Waals surface area contributed by atoms with Crippen LogP contribution in [0.4, 0.5) is 0 Å². The Morgan fingerprint density at radius 3 is 2.69 bits per heavy atom. The number of esters is 1. The van der Waals surface area contributed by atoms with E-state index < -0.39 is 11.8 Å². The van der Waals surface area contributed by atoms with Crippen LogP contribution in [0.25, 0.3) is 0 Å². The van der Waals surface area contributed by atoms with E-state index in [4.69, 9.17) is 4.74 Å². The van der Waals surface area contributed by atoms with E-state index in [9.17, 15) is 9.90 Å².